The molecule has 0 saturated heterocycles. The topological polar surface area (TPSA) is 88.2 Å². The van der Waals surface area contributed by atoms with Gasteiger partial charge in [-0.15, -0.1) is 11.3 Å². The summed E-state index contributed by atoms with van der Waals surface area (Å²) in [4.78, 5) is 37.7. The summed E-state index contributed by atoms with van der Waals surface area (Å²) in [5, 5.41) is 3.54. The van der Waals surface area contributed by atoms with E-state index in [1.54, 1.807) is 23.6 Å². The lowest BCUT2D eigenvalue weighted by Gasteiger charge is -2.22. The van der Waals surface area contributed by atoms with Crippen molar-refractivity contribution in [1.29, 1.82) is 0 Å². The predicted octanol–water partition coefficient (Wildman–Crippen LogP) is 3.80. The van der Waals surface area contributed by atoms with Crippen molar-refractivity contribution in [2.45, 2.75) is 25.9 Å². The third kappa shape index (κ3) is 4.65. The molecule has 31 heavy (non-hydrogen) atoms. The van der Waals surface area contributed by atoms with Gasteiger partial charge in [0.2, 0.25) is 0 Å². The number of ether oxygens (including phenoxy) is 1. The molecule has 0 aliphatic carbocycles. The number of nitrogens with zero attached hydrogens (tertiary/aromatic N) is 3. The molecule has 1 aromatic carbocycles. The van der Waals surface area contributed by atoms with Crippen molar-refractivity contribution in [2.75, 3.05) is 20.6 Å². The van der Waals surface area contributed by atoms with Crippen molar-refractivity contribution in [2.24, 2.45) is 0 Å². The van der Waals surface area contributed by atoms with Crippen LogP contribution in [0.2, 0.25) is 0 Å². The minimum Gasteiger partial charge on any atom is -0.489 e. The molecule has 3 aromatic heterocycles. The number of hydrogen-bond donors (Lipinski definition) is 1. The second-order valence-electron chi connectivity index (χ2n) is 7.82. The first-order chi connectivity index (χ1) is 14.9. The minimum absolute atomic E-state index is 0.148. The third-order valence-electron chi connectivity index (χ3n) is 5.03. The van der Waals surface area contributed by atoms with Gasteiger partial charge in [-0.05, 0) is 62.6 Å². The van der Waals surface area contributed by atoms with Gasteiger partial charge >= 0.3 is 0 Å². The number of carbonyl (C=O) groups excluding carboxylic acids is 1. The van der Waals surface area contributed by atoms with Gasteiger partial charge in [0.15, 0.2) is 5.82 Å². The Hall–Kier alpha value is -3.10. The van der Waals surface area contributed by atoms with E-state index in [9.17, 15) is 9.59 Å². The number of aryl methyl sites for hydroxylation is 1. The highest BCUT2D eigenvalue weighted by Crippen LogP contribution is 2.27. The number of aromatic nitrogens is 3. The van der Waals surface area contributed by atoms with Crippen molar-refractivity contribution in [1.82, 2.24) is 19.9 Å². The van der Waals surface area contributed by atoms with E-state index in [1.807, 2.05) is 49.5 Å². The Balaban J connectivity index is 1.70. The molecule has 160 valence electrons. The fourth-order valence-electron chi connectivity index (χ4n) is 3.60. The first kappa shape index (κ1) is 21.1. The lowest BCUT2D eigenvalue weighted by atomic mass is 10.1. The normalized spacial score (nSPS) is 12.5. The molecular formula is C23H24N4O3S. The number of likely N-dealkylation sites (N-methyl/N-ethyl adjacent to an activating group) is 1. The summed E-state index contributed by atoms with van der Waals surface area (Å²) in [7, 11) is 3.92. The predicted molar refractivity (Wildman–Crippen MR) is 124 cm³/mol. The summed E-state index contributed by atoms with van der Waals surface area (Å²) in [5.41, 5.74) is 1.86. The zero-order valence-electron chi connectivity index (χ0n) is 17.7. The Morgan fingerprint density at radius 1 is 1.29 bits per heavy atom. The standard InChI is InChI=1S/C23H24N4O3S/c1-14-9-17(30-16(5-4-7-28)13-27(2)3)10-18-21(14)25-22(26-23(18)29)19-11-20-15(12-24-19)6-8-31-20/h6-12,16H,4-5,13H2,1-3H3,(H,25,26,29). The summed E-state index contributed by atoms with van der Waals surface area (Å²) in [5.74, 6) is 1.04. The van der Waals surface area contributed by atoms with E-state index >= 15 is 0 Å². The summed E-state index contributed by atoms with van der Waals surface area (Å²) in [6, 6.07) is 7.56. The monoisotopic (exact) mass is 436 g/mol. The van der Waals surface area contributed by atoms with Gasteiger partial charge in [-0.1, -0.05) is 0 Å². The smallest absolute Gasteiger partial charge is 0.259 e. The van der Waals surface area contributed by atoms with Gasteiger partial charge in [0.05, 0.1) is 10.9 Å². The number of H-pyrrole nitrogens is 1. The molecule has 0 aliphatic heterocycles. The molecule has 8 heteroatoms. The molecule has 1 N–H and O–H groups in total. The number of benzene rings is 1. The molecule has 0 amide bonds. The van der Waals surface area contributed by atoms with Crippen LogP contribution in [0.5, 0.6) is 5.75 Å². The molecule has 0 fully saturated rings. The van der Waals surface area contributed by atoms with Crippen molar-refractivity contribution in [3.05, 3.63) is 51.8 Å². The SMILES string of the molecule is Cc1cc(OC(CCC=O)CN(C)C)cc2c(=O)[nH]c(-c3cc4sccc4cn3)nc12. The Bertz CT molecular complexity index is 1300. The highest BCUT2D eigenvalue weighted by Gasteiger charge is 2.15. The summed E-state index contributed by atoms with van der Waals surface area (Å²) >= 11 is 1.62. The van der Waals surface area contributed by atoms with Gasteiger partial charge in [0.1, 0.15) is 23.8 Å². The number of hydrogen-bond acceptors (Lipinski definition) is 7. The number of carbonyl (C=O) groups is 1. The van der Waals surface area contributed by atoms with E-state index in [4.69, 9.17) is 9.72 Å². The van der Waals surface area contributed by atoms with E-state index < -0.39 is 0 Å². The van der Waals surface area contributed by atoms with Crippen LogP contribution in [0.25, 0.3) is 32.5 Å². The number of thiophene rings is 1. The zero-order chi connectivity index (χ0) is 22.0. The van der Waals surface area contributed by atoms with Crippen LogP contribution in [0.15, 0.2) is 40.6 Å². The van der Waals surface area contributed by atoms with Crippen molar-refractivity contribution >= 4 is 38.6 Å². The van der Waals surface area contributed by atoms with Crippen LogP contribution in [0.4, 0.5) is 0 Å². The number of pyridine rings is 1. The van der Waals surface area contributed by atoms with Gasteiger partial charge in [0.25, 0.3) is 5.56 Å². The van der Waals surface area contributed by atoms with Gasteiger partial charge in [-0.2, -0.15) is 0 Å². The molecule has 1 atom stereocenters. The highest BCUT2D eigenvalue weighted by molar-refractivity contribution is 7.17. The summed E-state index contributed by atoms with van der Waals surface area (Å²) in [6.45, 7) is 2.59. The molecule has 7 nitrogen and oxygen atoms in total. The maximum absolute atomic E-state index is 12.9. The average Bonchev–Trinajstić information content (AvgIpc) is 3.20. The molecule has 0 spiro atoms. The molecule has 1 unspecified atom stereocenters. The number of aromatic amines is 1. The number of aldehydes is 1. The Morgan fingerprint density at radius 2 is 2.13 bits per heavy atom. The first-order valence-corrected chi connectivity index (χ1v) is 11.0. The molecule has 4 rings (SSSR count). The summed E-state index contributed by atoms with van der Waals surface area (Å²) < 4.78 is 7.23. The van der Waals surface area contributed by atoms with Crippen LogP contribution in [-0.2, 0) is 4.79 Å². The number of rotatable bonds is 8. The second kappa shape index (κ2) is 8.95. The van der Waals surface area contributed by atoms with Gasteiger partial charge in [0, 0.05) is 29.2 Å². The molecule has 0 radical (unpaired) electrons. The van der Waals surface area contributed by atoms with Gasteiger partial charge < -0.3 is 19.4 Å². The van der Waals surface area contributed by atoms with Crippen LogP contribution in [0, 0.1) is 6.92 Å². The molecule has 4 aromatic rings. The second-order valence-corrected chi connectivity index (χ2v) is 8.77. The van der Waals surface area contributed by atoms with Crippen molar-refractivity contribution in [3.63, 3.8) is 0 Å². The van der Waals surface area contributed by atoms with Crippen molar-refractivity contribution in [3.8, 4) is 17.3 Å². The fourth-order valence-corrected chi connectivity index (χ4v) is 4.40. The van der Waals surface area contributed by atoms with Crippen LogP contribution in [-0.4, -0.2) is 52.9 Å². The lowest BCUT2D eigenvalue weighted by Crippen LogP contribution is -2.31. The molecular weight excluding hydrogens is 412 g/mol. The largest absolute Gasteiger partial charge is 0.489 e. The molecule has 0 aliphatic rings. The van der Waals surface area contributed by atoms with Crippen LogP contribution in [0.1, 0.15) is 18.4 Å². The quantitative estimate of drug-likeness (QED) is 0.423. The maximum Gasteiger partial charge on any atom is 0.259 e. The Kier molecular flexibility index (Phi) is 6.11. The Labute approximate surface area is 183 Å². The van der Waals surface area contributed by atoms with Crippen LogP contribution >= 0.6 is 11.3 Å². The minimum atomic E-state index is -0.237. The van der Waals surface area contributed by atoms with Crippen molar-refractivity contribution < 1.29 is 9.53 Å². The zero-order valence-corrected chi connectivity index (χ0v) is 18.5. The van der Waals surface area contributed by atoms with Gasteiger partial charge in [-0.3, -0.25) is 9.78 Å². The molecule has 0 bridgehead atoms. The number of nitrogens with one attached hydrogen (secondary N) is 1. The fraction of sp³-hybridized carbons (Fsp3) is 0.304. The first-order valence-electron chi connectivity index (χ1n) is 10.1. The maximum atomic E-state index is 12.9. The average molecular weight is 437 g/mol. The molecule has 0 saturated carbocycles. The Morgan fingerprint density at radius 3 is 2.90 bits per heavy atom. The van der Waals surface area contributed by atoms with Gasteiger partial charge in [-0.25, -0.2) is 4.98 Å². The lowest BCUT2D eigenvalue weighted by molar-refractivity contribution is -0.108. The van der Waals surface area contributed by atoms with Crippen LogP contribution < -0.4 is 10.3 Å². The van der Waals surface area contributed by atoms with E-state index in [0.29, 0.717) is 47.6 Å². The molecule has 3 heterocycles. The van der Waals surface area contributed by atoms with E-state index in [-0.39, 0.29) is 11.7 Å². The van der Waals surface area contributed by atoms with Crippen LogP contribution in [0.3, 0.4) is 0 Å². The van der Waals surface area contributed by atoms with E-state index in [2.05, 4.69) is 9.97 Å². The van der Waals surface area contributed by atoms with E-state index in [0.717, 1.165) is 21.9 Å². The highest BCUT2D eigenvalue weighted by atomic mass is 32.1. The summed E-state index contributed by atoms with van der Waals surface area (Å²) in [6.07, 6.45) is 3.58. The third-order valence-corrected chi connectivity index (χ3v) is 5.91. The number of fused-ring (bicyclic) bond motifs is 2. The van der Waals surface area contributed by atoms with E-state index in [1.165, 1.54) is 0 Å².